The van der Waals surface area contributed by atoms with Gasteiger partial charge < -0.3 is 16.0 Å². The Balaban J connectivity index is 3.11. The average Bonchev–Trinajstić information content (AvgIpc) is 3.00. The van der Waals surface area contributed by atoms with Crippen LogP contribution in [-0.2, 0) is 24.0 Å². The Hall–Kier alpha value is -2.54. The summed E-state index contributed by atoms with van der Waals surface area (Å²) in [5, 5.41) is 2.39. The minimum Gasteiger partial charge on any atom is -0.363 e. The first kappa shape index (κ1) is 22.5. The number of nitrogens with zero attached hydrogens (tertiary/aromatic N) is 2. The van der Waals surface area contributed by atoms with Crippen LogP contribution in [0.25, 0.3) is 0 Å². The highest BCUT2D eigenvalue weighted by molar-refractivity contribution is 6.36. The van der Waals surface area contributed by atoms with Crippen LogP contribution in [-0.4, -0.2) is 59.7 Å². The molecule has 0 aromatic carbocycles. The molecular weight excluding hydrogens is 352 g/mol. The smallest absolute Gasteiger partial charge is 0.286 e. The lowest BCUT2D eigenvalue weighted by atomic mass is 9.85. The van der Waals surface area contributed by atoms with Crippen LogP contribution >= 0.6 is 0 Å². The maximum absolute atomic E-state index is 13.0. The number of aliphatic imine (C=N–C) groups is 1. The molecule has 9 heteroatoms. The Kier molecular flexibility index (Phi) is 7.42. The summed E-state index contributed by atoms with van der Waals surface area (Å²) in [5.74, 6) is -3.04. The molecule has 0 saturated carbocycles. The predicted octanol–water partition coefficient (Wildman–Crippen LogP) is -0.219. The molecule has 0 aromatic rings. The van der Waals surface area contributed by atoms with E-state index >= 15 is 0 Å². The minimum atomic E-state index is -1.14. The molecule has 1 heterocycles. The molecule has 3 N–H and O–H groups in total. The number of ketones is 1. The number of hydrogen-bond donors (Lipinski definition) is 2. The van der Waals surface area contributed by atoms with Gasteiger partial charge in [0.05, 0.1) is 6.54 Å². The van der Waals surface area contributed by atoms with Gasteiger partial charge in [0.1, 0.15) is 12.1 Å². The van der Waals surface area contributed by atoms with Crippen molar-refractivity contribution in [1.82, 2.24) is 10.2 Å². The molecule has 9 nitrogen and oxygen atoms in total. The average molecular weight is 380 g/mol. The maximum Gasteiger partial charge on any atom is 0.286 e. The third-order valence-corrected chi connectivity index (χ3v) is 4.79. The van der Waals surface area contributed by atoms with E-state index < -0.39 is 47.5 Å². The molecule has 1 rings (SSSR count). The molecule has 3 amide bonds. The van der Waals surface area contributed by atoms with E-state index in [1.54, 1.807) is 20.8 Å². The molecule has 1 aliphatic heterocycles. The van der Waals surface area contributed by atoms with Gasteiger partial charge in [-0.3, -0.25) is 19.2 Å². The van der Waals surface area contributed by atoms with Crippen molar-refractivity contribution in [3.05, 3.63) is 0 Å². The number of rotatable bonds is 7. The summed E-state index contributed by atoms with van der Waals surface area (Å²) in [6, 6.07) is -1.78. The Morgan fingerprint density at radius 2 is 1.85 bits per heavy atom. The number of amides is 3. The number of carbonyl (C=O) groups is 4. The molecule has 1 fully saturated rings. The van der Waals surface area contributed by atoms with Gasteiger partial charge in [0.2, 0.25) is 23.7 Å². The Labute approximate surface area is 158 Å². The van der Waals surface area contributed by atoms with Gasteiger partial charge in [0, 0.05) is 6.54 Å². The van der Waals surface area contributed by atoms with Crippen molar-refractivity contribution in [1.29, 1.82) is 0 Å². The highest BCUT2D eigenvalue weighted by Crippen LogP contribution is 2.33. The zero-order valence-corrected chi connectivity index (χ0v) is 16.4. The van der Waals surface area contributed by atoms with E-state index in [2.05, 4.69) is 10.3 Å². The minimum absolute atomic E-state index is 0.105. The maximum atomic E-state index is 13.0. The quantitative estimate of drug-likeness (QED) is 0.357. The van der Waals surface area contributed by atoms with Crippen molar-refractivity contribution >= 4 is 29.6 Å². The molecule has 0 aromatic heterocycles. The molecule has 27 heavy (non-hydrogen) atoms. The molecule has 150 valence electrons. The van der Waals surface area contributed by atoms with Crippen LogP contribution in [0.1, 0.15) is 41.0 Å². The van der Waals surface area contributed by atoms with Crippen molar-refractivity contribution in [2.75, 3.05) is 13.1 Å². The molecule has 1 saturated heterocycles. The largest absolute Gasteiger partial charge is 0.363 e. The number of primary amides is 1. The zero-order chi connectivity index (χ0) is 20.9. The topological polar surface area (TPSA) is 139 Å². The summed E-state index contributed by atoms with van der Waals surface area (Å²) in [5.41, 5.74) is 4.26. The predicted molar refractivity (Wildman–Crippen MR) is 97.0 cm³/mol. The van der Waals surface area contributed by atoms with Crippen LogP contribution in [0, 0.1) is 17.3 Å². The number of Topliss-reactive ketones (excluding diaryl/α,β-unsaturated/α-hetero) is 1. The number of isocyanates is 1. The zero-order valence-electron chi connectivity index (χ0n) is 16.4. The van der Waals surface area contributed by atoms with Gasteiger partial charge in [0.25, 0.3) is 5.91 Å². The molecule has 0 spiro atoms. The molecule has 0 bridgehead atoms. The fourth-order valence-electron chi connectivity index (χ4n) is 3.29. The van der Waals surface area contributed by atoms with Gasteiger partial charge in [-0.05, 0) is 23.7 Å². The van der Waals surface area contributed by atoms with Crippen LogP contribution in [0.3, 0.4) is 0 Å². The second kappa shape index (κ2) is 8.90. The summed E-state index contributed by atoms with van der Waals surface area (Å²) >= 11 is 0. The van der Waals surface area contributed by atoms with E-state index in [9.17, 15) is 24.0 Å². The van der Waals surface area contributed by atoms with Crippen LogP contribution in [0.5, 0.6) is 0 Å². The molecule has 0 aliphatic carbocycles. The van der Waals surface area contributed by atoms with Gasteiger partial charge in [-0.15, -0.1) is 0 Å². The van der Waals surface area contributed by atoms with Gasteiger partial charge in [-0.25, -0.2) is 4.79 Å². The van der Waals surface area contributed by atoms with Crippen molar-refractivity contribution in [3.8, 4) is 0 Å². The number of hydrogen-bond acceptors (Lipinski definition) is 6. The first-order valence-corrected chi connectivity index (χ1v) is 8.89. The summed E-state index contributed by atoms with van der Waals surface area (Å²) in [6.07, 6.45) is 2.04. The highest BCUT2D eigenvalue weighted by Gasteiger charge is 2.46. The van der Waals surface area contributed by atoms with Crippen LogP contribution in [0.2, 0.25) is 0 Å². The highest BCUT2D eigenvalue weighted by atomic mass is 16.2. The summed E-state index contributed by atoms with van der Waals surface area (Å²) in [6.45, 7) is 9.01. The fourth-order valence-corrected chi connectivity index (χ4v) is 3.29. The lowest BCUT2D eigenvalue weighted by Crippen LogP contribution is -2.54. The van der Waals surface area contributed by atoms with E-state index in [-0.39, 0.29) is 11.8 Å². The molecule has 0 unspecified atom stereocenters. The first-order chi connectivity index (χ1) is 12.4. The van der Waals surface area contributed by atoms with E-state index in [0.717, 1.165) is 0 Å². The van der Waals surface area contributed by atoms with Gasteiger partial charge in [-0.1, -0.05) is 34.6 Å². The van der Waals surface area contributed by atoms with Crippen LogP contribution < -0.4 is 11.1 Å². The number of nitrogens with one attached hydrogen (secondary N) is 1. The van der Waals surface area contributed by atoms with Crippen LogP contribution in [0.4, 0.5) is 0 Å². The van der Waals surface area contributed by atoms with Gasteiger partial charge in [0.15, 0.2) is 0 Å². The van der Waals surface area contributed by atoms with E-state index in [1.807, 2.05) is 13.8 Å². The normalized spacial score (nSPS) is 20.7. The Morgan fingerprint density at radius 3 is 2.30 bits per heavy atom. The Bertz CT molecular complexity index is 661. The third-order valence-electron chi connectivity index (χ3n) is 4.79. The molecule has 1 aliphatic rings. The molecule has 0 radical (unpaired) electrons. The lowest BCUT2D eigenvalue weighted by Gasteiger charge is -2.33. The van der Waals surface area contributed by atoms with E-state index in [1.165, 1.54) is 11.0 Å². The fraction of sp³-hybridized carbons (Fsp3) is 0.722. The van der Waals surface area contributed by atoms with E-state index in [0.29, 0.717) is 13.0 Å². The van der Waals surface area contributed by atoms with Crippen LogP contribution in [0.15, 0.2) is 4.99 Å². The van der Waals surface area contributed by atoms with Crippen molar-refractivity contribution in [3.63, 3.8) is 0 Å². The van der Waals surface area contributed by atoms with Crippen molar-refractivity contribution in [2.24, 2.45) is 28.0 Å². The molecule has 3 atom stereocenters. The second-order valence-corrected chi connectivity index (χ2v) is 8.17. The monoisotopic (exact) mass is 380 g/mol. The standard InChI is InChI=1S/C18H28N4O5/c1-10(2)11-6-7-22(17(27)14(21-9-23)18(3,4)5)13(11)16(26)20-8-12(24)15(19)25/h10-11,13-14H,6-8H2,1-5H3,(H2,19,25)(H,20,26)/t11-,13+,14-/m1/s1. The second-order valence-electron chi connectivity index (χ2n) is 8.17. The van der Waals surface area contributed by atoms with Gasteiger partial charge >= 0.3 is 0 Å². The number of carbonyl (C=O) groups excluding carboxylic acids is 5. The molecular formula is C18H28N4O5. The number of nitrogens with two attached hydrogens (primary N) is 1. The van der Waals surface area contributed by atoms with Crippen molar-refractivity contribution < 1.29 is 24.0 Å². The lowest BCUT2D eigenvalue weighted by molar-refractivity contribution is -0.143. The van der Waals surface area contributed by atoms with Crippen molar-refractivity contribution in [2.45, 2.75) is 53.1 Å². The first-order valence-electron chi connectivity index (χ1n) is 8.89. The Morgan fingerprint density at radius 1 is 1.26 bits per heavy atom. The third kappa shape index (κ3) is 5.47. The SMILES string of the molecule is CC(C)[C@H]1CCN(C(=O)[C@@H](N=C=O)C(C)(C)C)[C@@H]1C(=O)NCC(=O)C(N)=O. The number of likely N-dealkylation sites (tertiary alicyclic amines) is 1. The van der Waals surface area contributed by atoms with Gasteiger partial charge in [-0.2, -0.15) is 4.99 Å². The summed E-state index contributed by atoms with van der Waals surface area (Å²) < 4.78 is 0. The van der Waals surface area contributed by atoms with E-state index in [4.69, 9.17) is 5.73 Å². The summed E-state index contributed by atoms with van der Waals surface area (Å²) in [4.78, 5) is 63.9. The summed E-state index contributed by atoms with van der Waals surface area (Å²) in [7, 11) is 0.